The number of amides is 1. The maximum absolute atomic E-state index is 13.9. The van der Waals surface area contributed by atoms with Crippen molar-refractivity contribution in [2.75, 3.05) is 6.54 Å². The molecule has 0 bridgehead atoms. The van der Waals surface area contributed by atoms with Gasteiger partial charge in [0.05, 0.1) is 5.56 Å². The number of rotatable bonds is 1. The lowest BCUT2D eigenvalue weighted by atomic mass is 9.96. The molecule has 0 fully saturated rings. The van der Waals surface area contributed by atoms with E-state index in [9.17, 15) is 14.0 Å². The summed E-state index contributed by atoms with van der Waals surface area (Å²) in [6.07, 6.45) is 0.561. The van der Waals surface area contributed by atoms with Crippen molar-refractivity contribution < 1.29 is 19.1 Å². The zero-order valence-electron chi connectivity index (χ0n) is 9.36. The van der Waals surface area contributed by atoms with Crippen LogP contribution in [0.1, 0.15) is 28.4 Å². The van der Waals surface area contributed by atoms with E-state index in [1.54, 1.807) is 6.07 Å². The Bertz CT molecular complexity index is 499. The Kier molecular flexibility index (Phi) is 2.83. The molecule has 0 saturated heterocycles. The number of benzene rings is 1. The van der Waals surface area contributed by atoms with Crippen LogP contribution in [0.15, 0.2) is 12.1 Å². The largest absolute Gasteiger partial charge is 0.478 e. The summed E-state index contributed by atoms with van der Waals surface area (Å²) in [6.45, 7) is 2.12. The van der Waals surface area contributed by atoms with Gasteiger partial charge in [-0.1, -0.05) is 6.07 Å². The fourth-order valence-electron chi connectivity index (χ4n) is 2.03. The summed E-state index contributed by atoms with van der Waals surface area (Å²) < 4.78 is 13.9. The molecule has 2 rings (SSSR count). The second-order valence-electron chi connectivity index (χ2n) is 4.06. The molecule has 1 aliphatic rings. The average molecular weight is 237 g/mol. The summed E-state index contributed by atoms with van der Waals surface area (Å²) in [5.74, 6) is -2.14. The van der Waals surface area contributed by atoms with Gasteiger partial charge in [-0.15, -0.1) is 0 Å². The van der Waals surface area contributed by atoms with Crippen molar-refractivity contribution in [1.29, 1.82) is 0 Å². The number of carboxylic acid groups (broad SMARTS) is 1. The van der Waals surface area contributed by atoms with Gasteiger partial charge in [0.25, 0.3) is 0 Å². The number of carboxylic acids is 1. The molecule has 1 aliphatic heterocycles. The molecule has 0 saturated carbocycles. The van der Waals surface area contributed by atoms with Gasteiger partial charge in [-0.3, -0.25) is 4.79 Å². The molecule has 1 aromatic carbocycles. The van der Waals surface area contributed by atoms with Crippen LogP contribution in [0.4, 0.5) is 4.39 Å². The Morgan fingerprint density at radius 1 is 1.41 bits per heavy atom. The third-order valence-electron chi connectivity index (χ3n) is 3.02. The molecule has 1 amide bonds. The number of hydrogen-bond acceptors (Lipinski definition) is 2. The van der Waals surface area contributed by atoms with Crippen LogP contribution in [-0.4, -0.2) is 28.4 Å². The highest BCUT2D eigenvalue weighted by molar-refractivity contribution is 5.88. The molecular formula is C12H12FNO3. The van der Waals surface area contributed by atoms with Gasteiger partial charge in [0, 0.05) is 25.6 Å². The minimum absolute atomic E-state index is 0.129. The molecule has 17 heavy (non-hydrogen) atoms. The van der Waals surface area contributed by atoms with E-state index in [0.717, 1.165) is 5.56 Å². The van der Waals surface area contributed by atoms with Gasteiger partial charge < -0.3 is 10.0 Å². The number of carbonyl (C=O) groups is 2. The van der Waals surface area contributed by atoms with Crippen molar-refractivity contribution in [1.82, 2.24) is 4.90 Å². The number of carbonyl (C=O) groups excluding carboxylic acids is 1. The maximum atomic E-state index is 13.9. The normalized spacial score (nSPS) is 14.4. The molecule has 0 radical (unpaired) electrons. The van der Waals surface area contributed by atoms with E-state index in [-0.39, 0.29) is 18.0 Å². The smallest absolute Gasteiger partial charge is 0.338 e. The summed E-state index contributed by atoms with van der Waals surface area (Å²) in [5, 5.41) is 8.82. The predicted octanol–water partition coefficient (Wildman–Crippen LogP) is 1.43. The molecule has 1 aromatic rings. The second-order valence-corrected chi connectivity index (χ2v) is 4.06. The van der Waals surface area contributed by atoms with Gasteiger partial charge >= 0.3 is 5.97 Å². The molecule has 5 heteroatoms. The first-order valence-corrected chi connectivity index (χ1v) is 5.29. The number of fused-ring (bicyclic) bond motifs is 1. The fraction of sp³-hybridized carbons (Fsp3) is 0.333. The third kappa shape index (κ3) is 2.00. The molecule has 0 aromatic heterocycles. The van der Waals surface area contributed by atoms with E-state index >= 15 is 0 Å². The van der Waals surface area contributed by atoms with Crippen LogP contribution in [0.25, 0.3) is 0 Å². The van der Waals surface area contributed by atoms with Crippen molar-refractivity contribution in [2.45, 2.75) is 19.9 Å². The highest BCUT2D eigenvalue weighted by Gasteiger charge is 2.24. The van der Waals surface area contributed by atoms with E-state index in [1.165, 1.54) is 17.9 Å². The van der Waals surface area contributed by atoms with Crippen LogP contribution in [-0.2, 0) is 17.8 Å². The average Bonchev–Trinajstić information content (AvgIpc) is 2.28. The molecule has 0 aliphatic carbocycles. The van der Waals surface area contributed by atoms with E-state index in [0.29, 0.717) is 18.5 Å². The van der Waals surface area contributed by atoms with Gasteiger partial charge in [-0.2, -0.15) is 0 Å². The Hall–Kier alpha value is -1.91. The monoisotopic (exact) mass is 237 g/mol. The highest BCUT2D eigenvalue weighted by Crippen LogP contribution is 2.24. The van der Waals surface area contributed by atoms with Gasteiger partial charge in [0.15, 0.2) is 0 Å². The molecule has 1 N–H and O–H groups in total. The molecule has 0 spiro atoms. The summed E-state index contributed by atoms with van der Waals surface area (Å²) in [5.41, 5.74) is 0.769. The first-order valence-electron chi connectivity index (χ1n) is 5.29. The molecule has 4 nitrogen and oxygen atoms in total. The van der Waals surface area contributed by atoms with Crippen molar-refractivity contribution in [2.24, 2.45) is 0 Å². The van der Waals surface area contributed by atoms with E-state index in [2.05, 4.69) is 0 Å². The highest BCUT2D eigenvalue weighted by atomic mass is 19.1. The maximum Gasteiger partial charge on any atom is 0.338 e. The van der Waals surface area contributed by atoms with Crippen LogP contribution in [0.3, 0.4) is 0 Å². The van der Waals surface area contributed by atoms with Crippen LogP contribution in [0, 0.1) is 5.82 Å². The van der Waals surface area contributed by atoms with Crippen molar-refractivity contribution in [3.8, 4) is 0 Å². The SMILES string of the molecule is CC(=O)N1CCc2ccc(C(=O)O)c(F)c2C1. The zero-order valence-corrected chi connectivity index (χ0v) is 9.36. The summed E-state index contributed by atoms with van der Waals surface area (Å²) in [7, 11) is 0. The summed E-state index contributed by atoms with van der Waals surface area (Å²) in [6, 6.07) is 2.90. The zero-order chi connectivity index (χ0) is 12.6. The van der Waals surface area contributed by atoms with Gasteiger partial charge in [-0.05, 0) is 18.1 Å². The van der Waals surface area contributed by atoms with E-state index in [1.807, 2.05) is 0 Å². The number of halogens is 1. The molecular weight excluding hydrogens is 225 g/mol. The Labute approximate surface area is 97.7 Å². The Balaban J connectivity index is 2.44. The Morgan fingerprint density at radius 3 is 2.71 bits per heavy atom. The van der Waals surface area contributed by atoms with Crippen molar-refractivity contribution in [3.63, 3.8) is 0 Å². The van der Waals surface area contributed by atoms with E-state index in [4.69, 9.17) is 5.11 Å². The van der Waals surface area contributed by atoms with E-state index < -0.39 is 11.8 Å². The fourth-order valence-corrected chi connectivity index (χ4v) is 2.03. The standard InChI is InChI=1S/C12H12FNO3/c1-7(15)14-5-4-8-2-3-9(12(16)17)11(13)10(8)6-14/h2-3H,4-6H2,1H3,(H,16,17). The first kappa shape index (κ1) is 11.6. The van der Waals surface area contributed by atoms with Crippen LogP contribution >= 0.6 is 0 Å². The summed E-state index contributed by atoms with van der Waals surface area (Å²) >= 11 is 0. The third-order valence-corrected chi connectivity index (χ3v) is 3.02. The minimum Gasteiger partial charge on any atom is -0.478 e. The Morgan fingerprint density at radius 2 is 2.12 bits per heavy atom. The number of aromatic carboxylic acids is 1. The van der Waals surface area contributed by atoms with Crippen LogP contribution in [0.5, 0.6) is 0 Å². The van der Waals surface area contributed by atoms with Gasteiger partial charge in [0.1, 0.15) is 5.82 Å². The first-order chi connectivity index (χ1) is 8.00. The quantitative estimate of drug-likeness (QED) is 0.803. The number of nitrogens with zero attached hydrogens (tertiary/aromatic N) is 1. The summed E-state index contributed by atoms with van der Waals surface area (Å²) in [4.78, 5) is 23.5. The predicted molar refractivity (Wildman–Crippen MR) is 58.2 cm³/mol. The van der Waals surface area contributed by atoms with Gasteiger partial charge in [-0.25, -0.2) is 9.18 Å². The second kappa shape index (κ2) is 4.16. The lowest BCUT2D eigenvalue weighted by molar-refractivity contribution is -0.129. The molecule has 1 heterocycles. The molecule has 0 unspecified atom stereocenters. The van der Waals surface area contributed by atoms with Crippen LogP contribution in [0.2, 0.25) is 0 Å². The minimum atomic E-state index is -1.29. The lowest BCUT2D eigenvalue weighted by Crippen LogP contribution is -2.35. The van der Waals surface area contributed by atoms with Gasteiger partial charge in [0.2, 0.25) is 5.91 Å². The van der Waals surface area contributed by atoms with Crippen molar-refractivity contribution >= 4 is 11.9 Å². The molecule has 0 atom stereocenters. The number of hydrogen-bond donors (Lipinski definition) is 1. The lowest BCUT2D eigenvalue weighted by Gasteiger charge is -2.28. The molecule has 90 valence electrons. The topological polar surface area (TPSA) is 57.6 Å². The van der Waals surface area contributed by atoms with Crippen molar-refractivity contribution in [3.05, 3.63) is 34.6 Å². The van der Waals surface area contributed by atoms with Crippen LogP contribution < -0.4 is 0 Å².